The predicted octanol–water partition coefficient (Wildman–Crippen LogP) is 7.38. The summed E-state index contributed by atoms with van der Waals surface area (Å²) in [4.78, 5) is 6.11. The second-order valence-electron chi connectivity index (χ2n) is 6.07. The molecule has 0 radical (unpaired) electrons. The fraction of sp³-hybridized carbons (Fsp3) is 0.111. The number of hydrogen-bond acceptors (Lipinski definition) is 2. The molecule has 1 atom stereocenters. The molecule has 14 heteroatoms. The van der Waals surface area contributed by atoms with Crippen molar-refractivity contribution in [3.8, 4) is 5.69 Å². The first-order chi connectivity index (χ1) is 15.0. The standard InChI is InChI=1S/C18H9Cl2F6N5S/c1-27-15-14(32(26)17(21)22)16(28-8-10-4-3-5-30(10)2)31(29-15)13-11(19)6-9(7-12(13)20)18(23,24)25/h3-8H,2H3/b28-8+. The van der Waals surface area contributed by atoms with Crippen LogP contribution in [0.5, 0.6) is 0 Å². The highest BCUT2D eigenvalue weighted by molar-refractivity contribution is 8.11. The maximum absolute atomic E-state index is 14.4. The maximum Gasteiger partial charge on any atom is 0.416 e. The lowest BCUT2D eigenvalue weighted by Gasteiger charge is -2.12. The minimum atomic E-state index is -4.77. The van der Waals surface area contributed by atoms with E-state index in [-0.39, 0.29) is 5.69 Å². The number of halogens is 8. The largest absolute Gasteiger partial charge is 0.416 e. The van der Waals surface area contributed by atoms with Gasteiger partial charge in [-0.15, -0.1) is 4.68 Å². The monoisotopic (exact) mass is 511 g/mol. The first-order valence-corrected chi connectivity index (χ1v) is 10.1. The molecule has 0 fully saturated rings. The Balaban J connectivity index is 2.35. The van der Waals surface area contributed by atoms with E-state index in [4.69, 9.17) is 29.8 Å². The van der Waals surface area contributed by atoms with Crippen molar-refractivity contribution in [3.05, 3.63) is 63.2 Å². The molecule has 1 unspecified atom stereocenters. The van der Waals surface area contributed by atoms with Gasteiger partial charge in [0.15, 0.2) is 5.82 Å². The molecular weight excluding hydrogens is 503 g/mol. The zero-order chi connectivity index (χ0) is 23.8. The molecule has 3 aromatic rings. The van der Waals surface area contributed by atoms with E-state index >= 15 is 0 Å². The van der Waals surface area contributed by atoms with Crippen LogP contribution in [0.2, 0.25) is 10.0 Å². The van der Waals surface area contributed by atoms with E-state index in [0.717, 1.165) is 0 Å². The highest BCUT2D eigenvalue weighted by Gasteiger charge is 2.34. The Labute approximate surface area is 189 Å². The van der Waals surface area contributed by atoms with Gasteiger partial charge >= 0.3 is 17.4 Å². The van der Waals surface area contributed by atoms with E-state index in [9.17, 15) is 25.8 Å². The molecular formula is C18H9Cl2F6N5S. The third kappa shape index (κ3) is 4.55. The van der Waals surface area contributed by atoms with Crippen molar-refractivity contribution in [2.45, 2.75) is 11.1 Å². The number of nitrogens with zero attached hydrogens (tertiary/aromatic N) is 5. The van der Waals surface area contributed by atoms with Crippen molar-refractivity contribution in [2.75, 3.05) is 0 Å². The van der Waals surface area contributed by atoms with Gasteiger partial charge in [0.05, 0.1) is 38.4 Å². The molecule has 0 amide bonds. The summed E-state index contributed by atoms with van der Waals surface area (Å²) in [6.07, 6.45) is -1.93. The topological polar surface area (TPSA) is 39.5 Å². The average Bonchev–Trinajstić information content (AvgIpc) is 3.27. The SMILES string of the molecule is [C-]#[N+]c1nn(-c2c(Cl)cc(C(F)(F)F)cc2Cl)c(/N=C/c2cccn2C)c1S(F)=C(F)F. The molecule has 5 nitrogen and oxygen atoms in total. The Bertz CT molecular complexity index is 1280. The van der Waals surface area contributed by atoms with Gasteiger partial charge in [0, 0.05) is 13.2 Å². The Morgan fingerprint density at radius 2 is 1.88 bits per heavy atom. The molecule has 0 aliphatic rings. The first kappa shape index (κ1) is 23.9. The minimum Gasteiger partial charge on any atom is -0.358 e. The molecule has 2 aromatic heterocycles. The normalized spacial score (nSPS) is 12.9. The second-order valence-corrected chi connectivity index (χ2v) is 8.11. The Hall–Kier alpha value is -2.75. The fourth-order valence-corrected chi connectivity index (χ4v) is 3.98. The van der Waals surface area contributed by atoms with Crippen LogP contribution in [0.3, 0.4) is 0 Å². The van der Waals surface area contributed by atoms with Crippen LogP contribution in [0.1, 0.15) is 11.3 Å². The van der Waals surface area contributed by atoms with Gasteiger partial charge in [0.1, 0.15) is 10.6 Å². The zero-order valence-electron chi connectivity index (χ0n) is 15.6. The summed E-state index contributed by atoms with van der Waals surface area (Å²) < 4.78 is 82.1. The van der Waals surface area contributed by atoms with Crippen molar-refractivity contribution in [1.82, 2.24) is 14.3 Å². The number of aromatic nitrogens is 3. The molecule has 0 saturated heterocycles. The molecule has 0 N–H and O–H groups in total. The van der Waals surface area contributed by atoms with E-state index < -0.39 is 54.6 Å². The van der Waals surface area contributed by atoms with Crippen LogP contribution < -0.4 is 0 Å². The van der Waals surface area contributed by atoms with Gasteiger partial charge in [-0.3, -0.25) is 0 Å². The quantitative estimate of drug-likeness (QED) is 0.118. The number of hydrogen-bond donors (Lipinski definition) is 0. The van der Waals surface area contributed by atoms with Crippen LogP contribution >= 0.6 is 34.1 Å². The molecule has 0 spiro atoms. The number of rotatable bonds is 4. The van der Waals surface area contributed by atoms with Crippen LogP contribution in [0.4, 0.5) is 37.5 Å². The third-order valence-electron chi connectivity index (χ3n) is 4.08. The summed E-state index contributed by atoms with van der Waals surface area (Å²) in [5.41, 5.74) is -1.08. The summed E-state index contributed by atoms with van der Waals surface area (Å²) in [5.74, 6) is -1.34. The molecule has 3 rings (SSSR count). The van der Waals surface area contributed by atoms with Crippen molar-refractivity contribution in [3.63, 3.8) is 0 Å². The van der Waals surface area contributed by atoms with E-state index in [1.165, 1.54) is 6.21 Å². The lowest BCUT2D eigenvalue weighted by atomic mass is 10.2. The Morgan fingerprint density at radius 1 is 1.25 bits per heavy atom. The van der Waals surface area contributed by atoms with Crippen LogP contribution in [-0.2, 0) is 13.2 Å². The fourth-order valence-electron chi connectivity index (χ4n) is 2.63. The number of aliphatic imine (C=N–C) groups is 1. The first-order valence-electron chi connectivity index (χ1n) is 8.26. The van der Waals surface area contributed by atoms with Gasteiger partial charge in [0.2, 0.25) is 0 Å². The highest BCUT2D eigenvalue weighted by Crippen LogP contribution is 2.47. The van der Waals surface area contributed by atoms with Crippen molar-refractivity contribution >= 4 is 57.3 Å². The summed E-state index contributed by atoms with van der Waals surface area (Å²) in [6.45, 7) is 7.18. The highest BCUT2D eigenvalue weighted by atomic mass is 35.5. The molecule has 168 valence electrons. The summed E-state index contributed by atoms with van der Waals surface area (Å²) in [5, 5.41) is -0.00180. The average molecular weight is 512 g/mol. The van der Waals surface area contributed by atoms with Crippen LogP contribution in [0.25, 0.3) is 10.5 Å². The summed E-state index contributed by atoms with van der Waals surface area (Å²) in [6, 6.07) is 4.35. The van der Waals surface area contributed by atoms with Crippen molar-refractivity contribution in [2.24, 2.45) is 12.0 Å². The van der Waals surface area contributed by atoms with E-state index in [1.54, 1.807) is 29.9 Å². The molecule has 0 saturated carbocycles. The van der Waals surface area contributed by atoms with Gasteiger partial charge in [-0.2, -0.15) is 25.8 Å². The lowest BCUT2D eigenvalue weighted by Crippen LogP contribution is -2.07. The van der Waals surface area contributed by atoms with Gasteiger partial charge in [0.25, 0.3) is 0 Å². The predicted molar refractivity (Wildman–Crippen MR) is 112 cm³/mol. The molecule has 1 aromatic carbocycles. The van der Waals surface area contributed by atoms with Gasteiger partial charge in [-0.1, -0.05) is 29.8 Å². The van der Waals surface area contributed by atoms with E-state index in [2.05, 4.69) is 14.9 Å². The third-order valence-corrected chi connectivity index (χ3v) is 5.65. The molecule has 0 bridgehead atoms. The van der Waals surface area contributed by atoms with Crippen LogP contribution in [-0.4, -0.2) is 25.9 Å². The summed E-state index contributed by atoms with van der Waals surface area (Å²) in [7, 11) is -1.69. The maximum atomic E-state index is 14.4. The lowest BCUT2D eigenvalue weighted by molar-refractivity contribution is -0.137. The van der Waals surface area contributed by atoms with Gasteiger partial charge in [-0.05, 0) is 29.4 Å². The number of alkyl halides is 3. The van der Waals surface area contributed by atoms with Gasteiger partial charge in [-0.25, -0.2) is 4.99 Å². The summed E-state index contributed by atoms with van der Waals surface area (Å²) >= 11 is 12.0. The molecule has 0 aliphatic carbocycles. The Morgan fingerprint density at radius 3 is 2.34 bits per heavy atom. The number of benzene rings is 1. The van der Waals surface area contributed by atoms with Crippen molar-refractivity contribution < 1.29 is 25.8 Å². The smallest absolute Gasteiger partial charge is 0.358 e. The van der Waals surface area contributed by atoms with Crippen LogP contribution in [0, 0.1) is 6.57 Å². The zero-order valence-corrected chi connectivity index (χ0v) is 18.0. The molecule has 0 aliphatic heterocycles. The van der Waals surface area contributed by atoms with E-state index in [0.29, 0.717) is 22.5 Å². The molecule has 2 heterocycles. The van der Waals surface area contributed by atoms with Crippen molar-refractivity contribution in [1.29, 1.82) is 0 Å². The second kappa shape index (κ2) is 9.01. The van der Waals surface area contributed by atoms with E-state index in [1.807, 2.05) is 0 Å². The van der Waals surface area contributed by atoms with Crippen LogP contribution in [0.15, 0.2) is 40.4 Å². The minimum absolute atomic E-state index is 0.382. The molecule has 32 heavy (non-hydrogen) atoms. The Kier molecular flexibility index (Phi) is 6.73. The van der Waals surface area contributed by atoms with Gasteiger partial charge < -0.3 is 9.41 Å². The number of aryl methyl sites for hydroxylation is 1.